The molecule has 3 fully saturated rings. The third-order valence-corrected chi connectivity index (χ3v) is 7.90. The molecule has 6 atom stereocenters. The van der Waals surface area contributed by atoms with E-state index in [2.05, 4.69) is 41.9 Å². The van der Waals surface area contributed by atoms with Gasteiger partial charge in [-0.05, 0) is 65.2 Å². The topological polar surface area (TPSA) is 105 Å². The lowest BCUT2D eigenvalue weighted by Gasteiger charge is -2.63. The first kappa shape index (κ1) is 22.3. The predicted octanol–water partition coefficient (Wildman–Crippen LogP) is 2.18. The fourth-order valence-corrected chi connectivity index (χ4v) is 6.55. The molecule has 3 aliphatic rings. The molecule has 2 unspecified atom stereocenters. The molecule has 31 heavy (non-hydrogen) atoms. The van der Waals surface area contributed by atoms with E-state index in [1.54, 1.807) is 19.9 Å². The number of hydrogen-bond acceptors (Lipinski definition) is 6. The molecule has 1 aliphatic carbocycles. The minimum Gasteiger partial charge on any atom is -0.378 e. The van der Waals surface area contributed by atoms with Gasteiger partial charge in [-0.15, -0.1) is 0 Å². The number of carbonyl (C=O) groups is 2. The molecule has 172 valence electrons. The van der Waals surface area contributed by atoms with E-state index in [0.29, 0.717) is 48.9 Å². The van der Waals surface area contributed by atoms with E-state index in [4.69, 9.17) is 9.26 Å². The summed E-state index contributed by atoms with van der Waals surface area (Å²) in [5.41, 5.74) is 0.0873. The number of piperidine rings is 1. The second-order valence-corrected chi connectivity index (χ2v) is 10.3. The maximum absolute atomic E-state index is 12.3. The molecular weight excluding hydrogens is 396 g/mol. The Balaban J connectivity index is 1.51. The van der Waals surface area contributed by atoms with Crippen molar-refractivity contribution in [1.82, 2.24) is 21.1 Å². The Hall–Kier alpha value is -1.93. The summed E-state index contributed by atoms with van der Waals surface area (Å²) >= 11 is 0. The van der Waals surface area contributed by atoms with Crippen molar-refractivity contribution in [3.63, 3.8) is 0 Å². The van der Waals surface area contributed by atoms with Crippen LogP contribution in [0.2, 0.25) is 0 Å². The van der Waals surface area contributed by atoms with Gasteiger partial charge in [-0.25, -0.2) is 0 Å². The van der Waals surface area contributed by atoms with Crippen molar-refractivity contribution >= 4 is 11.8 Å². The van der Waals surface area contributed by atoms with Crippen LogP contribution in [0, 0.1) is 24.7 Å². The highest BCUT2D eigenvalue weighted by Crippen LogP contribution is 2.54. The Kier molecular flexibility index (Phi) is 5.89. The van der Waals surface area contributed by atoms with Gasteiger partial charge in [0.25, 0.3) is 5.91 Å². The lowest BCUT2D eigenvalue weighted by Crippen LogP contribution is -2.75. The van der Waals surface area contributed by atoms with Gasteiger partial charge in [0.05, 0.1) is 11.6 Å². The molecule has 1 aromatic rings. The number of nitrogens with one attached hydrogen (secondary N) is 3. The molecule has 0 spiro atoms. The first-order valence-corrected chi connectivity index (χ1v) is 11.5. The van der Waals surface area contributed by atoms with Crippen LogP contribution in [-0.2, 0) is 9.53 Å². The summed E-state index contributed by atoms with van der Waals surface area (Å²) in [6, 6.07) is 1.95. The lowest BCUT2D eigenvalue weighted by atomic mass is 9.52. The van der Waals surface area contributed by atoms with Crippen LogP contribution in [-0.4, -0.2) is 53.3 Å². The SMILES string of the molecule is CC(=O)N[C@]12CCO[C@@H](CCNC(=O)c3cc(C)on3)[C@@H]1CC1CC2[C@@H](C)NC1(C)C. The number of hydrogen-bond donors (Lipinski definition) is 3. The highest BCUT2D eigenvalue weighted by Gasteiger charge is 2.60. The van der Waals surface area contributed by atoms with E-state index in [9.17, 15) is 9.59 Å². The zero-order valence-electron chi connectivity index (χ0n) is 19.3. The van der Waals surface area contributed by atoms with Crippen molar-refractivity contribution in [3.05, 3.63) is 17.5 Å². The fraction of sp³-hybridized carbons (Fsp3) is 0.783. The molecule has 3 heterocycles. The van der Waals surface area contributed by atoms with Crippen LogP contribution in [0.5, 0.6) is 0 Å². The van der Waals surface area contributed by atoms with Crippen LogP contribution in [0.25, 0.3) is 0 Å². The van der Waals surface area contributed by atoms with E-state index in [1.807, 2.05) is 0 Å². The molecule has 8 nitrogen and oxygen atoms in total. The van der Waals surface area contributed by atoms with Crippen molar-refractivity contribution in [2.75, 3.05) is 13.2 Å². The zero-order chi connectivity index (χ0) is 22.4. The van der Waals surface area contributed by atoms with Crippen molar-refractivity contribution in [1.29, 1.82) is 0 Å². The Morgan fingerprint density at radius 1 is 1.29 bits per heavy atom. The molecule has 1 saturated carbocycles. The normalized spacial score (nSPS) is 36.4. The van der Waals surface area contributed by atoms with Crippen LogP contribution in [0.1, 0.15) is 69.6 Å². The third-order valence-electron chi connectivity index (χ3n) is 7.90. The third kappa shape index (κ3) is 4.12. The van der Waals surface area contributed by atoms with Crippen LogP contribution >= 0.6 is 0 Å². The van der Waals surface area contributed by atoms with Gasteiger partial charge in [0, 0.05) is 43.6 Å². The van der Waals surface area contributed by atoms with E-state index < -0.39 is 0 Å². The summed E-state index contributed by atoms with van der Waals surface area (Å²) in [5.74, 6) is 1.52. The van der Waals surface area contributed by atoms with Crippen LogP contribution in [0.15, 0.2) is 10.6 Å². The smallest absolute Gasteiger partial charge is 0.273 e. The molecular formula is C23H36N4O4. The Morgan fingerprint density at radius 3 is 2.71 bits per heavy atom. The maximum Gasteiger partial charge on any atom is 0.273 e. The zero-order valence-corrected chi connectivity index (χ0v) is 19.3. The highest BCUT2D eigenvalue weighted by molar-refractivity contribution is 5.92. The van der Waals surface area contributed by atoms with E-state index >= 15 is 0 Å². The van der Waals surface area contributed by atoms with Gasteiger partial charge in [-0.3, -0.25) is 9.59 Å². The first-order valence-electron chi connectivity index (χ1n) is 11.5. The monoisotopic (exact) mass is 432 g/mol. The predicted molar refractivity (Wildman–Crippen MR) is 115 cm³/mol. The summed E-state index contributed by atoms with van der Waals surface area (Å²) in [6.45, 7) is 11.3. The average molecular weight is 433 g/mol. The number of nitrogens with zero attached hydrogens (tertiary/aromatic N) is 1. The van der Waals surface area contributed by atoms with Gasteiger partial charge in [-0.1, -0.05) is 5.16 Å². The van der Waals surface area contributed by atoms with Crippen LogP contribution in [0.4, 0.5) is 0 Å². The minimum atomic E-state index is -0.262. The molecule has 3 N–H and O–H groups in total. The van der Waals surface area contributed by atoms with Crippen molar-refractivity contribution in [2.24, 2.45) is 17.8 Å². The second kappa shape index (κ2) is 8.20. The number of ether oxygens (including phenoxy) is 1. The van der Waals surface area contributed by atoms with Crippen molar-refractivity contribution < 1.29 is 18.8 Å². The van der Waals surface area contributed by atoms with Gasteiger partial charge in [0.2, 0.25) is 5.91 Å². The average Bonchev–Trinajstić information content (AvgIpc) is 3.11. The highest BCUT2D eigenvalue weighted by atomic mass is 16.5. The van der Waals surface area contributed by atoms with Gasteiger partial charge < -0.3 is 25.2 Å². The molecule has 2 amide bonds. The lowest BCUT2D eigenvalue weighted by molar-refractivity contribution is -0.159. The van der Waals surface area contributed by atoms with Crippen LogP contribution in [0.3, 0.4) is 0 Å². The van der Waals surface area contributed by atoms with Gasteiger partial charge in [-0.2, -0.15) is 0 Å². The Bertz CT molecular complexity index is 837. The summed E-state index contributed by atoms with van der Waals surface area (Å²) < 4.78 is 11.3. The molecule has 4 rings (SSSR count). The number of aromatic nitrogens is 1. The largest absolute Gasteiger partial charge is 0.378 e. The fourth-order valence-electron chi connectivity index (χ4n) is 6.55. The van der Waals surface area contributed by atoms with E-state index in [1.165, 1.54) is 0 Å². The summed E-state index contributed by atoms with van der Waals surface area (Å²) in [7, 11) is 0. The van der Waals surface area contributed by atoms with E-state index in [-0.39, 0.29) is 34.9 Å². The molecule has 2 aliphatic heterocycles. The van der Waals surface area contributed by atoms with Crippen molar-refractivity contribution in [2.45, 2.75) is 83.5 Å². The Labute approximate surface area is 184 Å². The standard InChI is InChI=1S/C23H36N4O4/c1-13-10-19(27-31-13)21(29)24-8-6-20-18-12-16-11-17(14(2)25-22(16,4)5)23(18,7-9-30-20)26-15(3)28/h10,14,16-18,20,25H,6-9,11-12H2,1-5H3,(H,24,29)(H,26,28)/t14-,16?,17?,18+,20+,23+/m1/s1. The van der Waals surface area contributed by atoms with Gasteiger partial charge >= 0.3 is 0 Å². The number of aryl methyl sites for hydroxylation is 1. The second-order valence-electron chi connectivity index (χ2n) is 10.3. The number of fused-ring (bicyclic) bond motifs is 4. The molecule has 1 aromatic heterocycles. The first-order chi connectivity index (χ1) is 14.6. The minimum absolute atomic E-state index is 0.00801. The summed E-state index contributed by atoms with van der Waals surface area (Å²) in [4.78, 5) is 24.6. The molecule has 2 saturated heterocycles. The van der Waals surface area contributed by atoms with Gasteiger partial charge in [0.1, 0.15) is 5.76 Å². The maximum atomic E-state index is 12.3. The number of rotatable bonds is 5. The number of carbonyl (C=O) groups excluding carboxylic acids is 2. The molecule has 0 aromatic carbocycles. The number of amides is 2. The van der Waals surface area contributed by atoms with Gasteiger partial charge in [0.15, 0.2) is 5.69 Å². The quantitative estimate of drug-likeness (QED) is 0.659. The van der Waals surface area contributed by atoms with Crippen molar-refractivity contribution in [3.8, 4) is 0 Å². The summed E-state index contributed by atoms with van der Waals surface area (Å²) in [5, 5.41) is 13.9. The Morgan fingerprint density at radius 2 is 2.03 bits per heavy atom. The van der Waals surface area contributed by atoms with E-state index in [0.717, 1.165) is 19.3 Å². The molecule has 8 heteroatoms. The molecule has 2 bridgehead atoms. The van der Waals surface area contributed by atoms with Crippen LogP contribution < -0.4 is 16.0 Å². The molecule has 0 radical (unpaired) electrons. The summed E-state index contributed by atoms with van der Waals surface area (Å²) in [6.07, 6.45) is 3.65.